The molecule has 1 atom stereocenters. The van der Waals surface area contributed by atoms with Gasteiger partial charge in [0, 0.05) is 24.6 Å². The maximum Gasteiger partial charge on any atom is 0.220 e. The van der Waals surface area contributed by atoms with E-state index < -0.39 is 0 Å². The first-order chi connectivity index (χ1) is 11.6. The van der Waals surface area contributed by atoms with Gasteiger partial charge >= 0.3 is 0 Å². The van der Waals surface area contributed by atoms with Crippen molar-refractivity contribution in [2.24, 2.45) is 0 Å². The Morgan fingerprint density at radius 2 is 1.83 bits per heavy atom. The van der Waals surface area contributed by atoms with Crippen LogP contribution in [0.1, 0.15) is 37.0 Å². The SMILES string of the molecule is CC(OCCCNC(=O)CCc1ccc(Cl)cc1)c1ccccc1. The highest BCUT2D eigenvalue weighted by molar-refractivity contribution is 6.30. The van der Waals surface area contributed by atoms with Gasteiger partial charge in [-0.15, -0.1) is 0 Å². The van der Waals surface area contributed by atoms with Gasteiger partial charge in [0.15, 0.2) is 0 Å². The molecule has 0 aromatic heterocycles. The Labute approximate surface area is 149 Å². The third-order valence-corrected chi connectivity index (χ3v) is 4.09. The average molecular weight is 346 g/mol. The summed E-state index contributed by atoms with van der Waals surface area (Å²) in [5.41, 5.74) is 2.29. The van der Waals surface area contributed by atoms with E-state index in [-0.39, 0.29) is 12.0 Å². The van der Waals surface area contributed by atoms with Gasteiger partial charge in [-0.05, 0) is 43.0 Å². The highest BCUT2D eigenvalue weighted by atomic mass is 35.5. The monoisotopic (exact) mass is 345 g/mol. The van der Waals surface area contributed by atoms with Gasteiger partial charge in [-0.25, -0.2) is 0 Å². The lowest BCUT2D eigenvalue weighted by atomic mass is 10.1. The van der Waals surface area contributed by atoms with Crippen LogP contribution in [0.15, 0.2) is 54.6 Å². The van der Waals surface area contributed by atoms with Crippen LogP contribution in [0.2, 0.25) is 5.02 Å². The number of aryl methyl sites for hydroxylation is 1. The van der Waals surface area contributed by atoms with Gasteiger partial charge in [-0.2, -0.15) is 0 Å². The molecule has 24 heavy (non-hydrogen) atoms. The molecule has 0 bridgehead atoms. The standard InChI is InChI=1S/C20H24ClNO2/c1-16(18-6-3-2-4-7-18)24-15-5-14-22-20(23)13-10-17-8-11-19(21)12-9-17/h2-4,6-9,11-12,16H,5,10,13-15H2,1H3,(H,22,23). The lowest BCUT2D eigenvalue weighted by Gasteiger charge is -2.13. The molecule has 128 valence electrons. The Balaban J connectivity index is 1.55. The van der Waals surface area contributed by atoms with Gasteiger partial charge < -0.3 is 10.1 Å². The minimum absolute atomic E-state index is 0.0704. The molecule has 2 aromatic rings. The second kappa shape index (κ2) is 10.1. The fraction of sp³-hybridized carbons (Fsp3) is 0.350. The molecule has 0 saturated heterocycles. The highest BCUT2D eigenvalue weighted by Gasteiger charge is 2.05. The summed E-state index contributed by atoms with van der Waals surface area (Å²) in [6, 6.07) is 17.7. The van der Waals surface area contributed by atoms with Gasteiger partial charge in [0.1, 0.15) is 0 Å². The van der Waals surface area contributed by atoms with Crippen molar-refractivity contribution in [3.63, 3.8) is 0 Å². The number of halogens is 1. The van der Waals surface area contributed by atoms with Gasteiger partial charge in [0.25, 0.3) is 0 Å². The van der Waals surface area contributed by atoms with E-state index in [1.807, 2.05) is 49.4 Å². The van der Waals surface area contributed by atoms with E-state index in [1.165, 1.54) is 5.56 Å². The molecule has 1 amide bonds. The van der Waals surface area contributed by atoms with E-state index in [0.29, 0.717) is 24.6 Å². The quantitative estimate of drug-likeness (QED) is 0.677. The lowest BCUT2D eigenvalue weighted by molar-refractivity contribution is -0.121. The van der Waals surface area contributed by atoms with E-state index in [2.05, 4.69) is 17.4 Å². The summed E-state index contributed by atoms with van der Waals surface area (Å²) >= 11 is 5.84. The van der Waals surface area contributed by atoms with Crippen molar-refractivity contribution in [3.05, 3.63) is 70.7 Å². The molecule has 2 aromatic carbocycles. The van der Waals surface area contributed by atoms with Gasteiger partial charge in [0.2, 0.25) is 5.91 Å². The molecule has 0 saturated carbocycles. The topological polar surface area (TPSA) is 38.3 Å². The van der Waals surface area contributed by atoms with E-state index >= 15 is 0 Å². The lowest BCUT2D eigenvalue weighted by Crippen LogP contribution is -2.25. The number of carbonyl (C=O) groups excluding carboxylic acids is 1. The van der Waals surface area contributed by atoms with Crippen LogP contribution in [0.3, 0.4) is 0 Å². The molecule has 0 radical (unpaired) electrons. The Hall–Kier alpha value is -1.84. The first kappa shape index (κ1) is 18.5. The Bertz CT molecular complexity index is 613. The first-order valence-corrected chi connectivity index (χ1v) is 8.70. The number of nitrogens with one attached hydrogen (secondary N) is 1. The average Bonchev–Trinajstić information content (AvgIpc) is 2.61. The van der Waals surface area contributed by atoms with Crippen LogP contribution in [0, 0.1) is 0 Å². The molecule has 1 unspecified atom stereocenters. The minimum Gasteiger partial charge on any atom is -0.374 e. The smallest absolute Gasteiger partial charge is 0.220 e. The molecular weight excluding hydrogens is 322 g/mol. The van der Waals surface area contributed by atoms with Crippen LogP contribution < -0.4 is 5.32 Å². The summed E-state index contributed by atoms with van der Waals surface area (Å²) in [4.78, 5) is 11.8. The number of carbonyl (C=O) groups is 1. The van der Waals surface area contributed by atoms with E-state index in [4.69, 9.17) is 16.3 Å². The third-order valence-electron chi connectivity index (χ3n) is 3.83. The zero-order chi connectivity index (χ0) is 17.2. The molecular formula is C20H24ClNO2. The molecule has 2 rings (SSSR count). The second-order valence-corrected chi connectivity index (χ2v) is 6.19. The maximum absolute atomic E-state index is 11.8. The summed E-state index contributed by atoms with van der Waals surface area (Å²) in [6.45, 7) is 3.31. The summed E-state index contributed by atoms with van der Waals surface area (Å²) < 4.78 is 5.79. The third kappa shape index (κ3) is 6.73. The van der Waals surface area contributed by atoms with Crippen molar-refractivity contribution in [2.45, 2.75) is 32.3 Å². The van der Waals surface area contributed by atoms with Gasteiger partial charge in [-0.1, -0.05) is 54.1 Å². The maximum atomic E-state index is 11.8. The van der Waals surface area contributed by atoms with Crippen LogP contribution in [-0.2, 0) is 16.0 Å². The Morgan fingerprint density at radius 1 is 1.12 bits per heavy atom. The zero-order valence-electron chi connectivity index (χ0n) is 14.0. The van der Waals surface area contributed by atoms with Crippen molar-refractivity contribution in [1.82, 2.24) is 5.32 Å². The van der Waals surface area contributed by atoms with E-state index in [0.717, 1.165) is 18.4 Å². The van der Waals surface area contributed by atoms with Crippen molar-refractivity contribution in [1.29, 1.82) is 0 Å². The van der Waals surface area contributed by atoms with Crippen LogP contribution in [0.4, 0.5) is 0 Å². The van der Waals surface area contributed by atoms with Crippen molar-refractivity contribution >= 4 is 17.5 Å². The largest absolute Gasteiger partial charge is 0.374 e. The molecule has 0 aliphatic carbocycles. The molecule has 0 heterocycles. The first-order valence-electron chi connectivity index (χ1n) is 8.33. The molecule has 0 fully saturated rings. The fourth-order valence-electron chi connectivity index (χ4n) is 2.38. The van der Waals surface area contributed by atoms with E-state index in [9.17, 15) is 4.79 Å². The van der Waals surface area contributed by atoms with Crippen molar-refractivity contribution in [2.75, 3.05) is 13.2 Å². The van der Waals surface area contributed by atoms with Gasteiger partial charge in [-0.3, -0.25) is 4.79 Å². The number of amides is 1. The summed E-state index contributed by atoms with van der Waals surface area (Å²) in [6.07, 6.45) is 2.10. The molecule has 3 nitrogen and oxygen atoms in total. The van der Waals surface area contributed by atoms with Crippen LogP contribution in [0.5, 0.6) is 0 Å². The van der Waals surface area contributed by atoms with Gasteiger partial charge in [0.05, 0.1) is 6.10 Å². The van der Waals surface area contributed by atoms with Crippen molar-refractivity contribution < 1.29 is 9.53 Å². The van der Waals surface area contributed by atoms with Crippen LogP contribution in [0.25, 0.3) is 0 Å². The molecule has 4 heteroatoms. The number of ether oxygens (including phenoxy) is 1. The summed E-state index contributed by atoms with van der Waals surface area (Å²) in [7, 11) is 0. The summed E-state index contributed by atoms with van der Waals surface area (Å²) in [5.74, 6) is 0.0704. The van der Waals surface area contributed by atoms with Crippen LogP contribution in [-0.4, -0.2) is 19.1 Å². The zero-order valence-corrected chi connectivity index (χ0v) is 14.8. The van der Waals surface area contributed by atoms with E-state index in [1.54, 1.807) is 0 Å². The van der Waals surface area contributed by atoms with Crippen LogP contribution >= 0.6 is 11.6 Å². The number of rotatable bonds is 9. The van der Waals surface area contributed by atoms with Crippen molar-refractivity contribution in [3.8, 4) is 0 Å². The normalized spacial score (nSPS) is 11.9. The predicted octanol–water partition coefficient (Wildman–Crippen LogP) is 4.56. The number of hydrogen-bond donors (Lipinski definition) is 1. The molecule has 1 N–H and O–H groups in total. The Kier molecular flexibility index (Phi) is 7.80. The highest BCUT2D eigenvalue weighted by Crippen LogP contribution is 2.15. The minimum atomic E-state index is 0.0704. The number of hydrogen-bond acceptors (Lipinski definition) is 2. The molecule has 0 spiro atoms. The predicted molar refractivity (Wildman–Crippen MR) is 98.2 cm³/mol. The molecule has 0 aliphatic heterocycles. The second-order valence-electron chi connectivity index (χ2n) is 5.75. The molecule has 0 aliphatic rings. The fourth-order valence-corrected chi connectivity index (χ4v) is 2.50. The Morgan fingerprint density at radius 3 is 2.54 bits per heavy atom. The summed E-state index contributed by atoms with van der Waals surface area (Å²) in [5, 5.41) is 3.65. The number of benzene rings is 2.